The molecule has 2 aliphatic rings. The van der Waals surface area contributed by atoms with Crippen molar-refractivity contribution in [2.75, 3.05) is 31.1 Å². The van der Waals surface area contributed by atoms with Gasteiger partial charge in [0.2, 0.25) is 5.91 Å². The van der Waals surface area contributed by atoms with Crippen LogP contribution in [0.1, 0.15) is 12.8 Å². The van der Waals surface area contributed by atoms with E-state index in [-0.39, 0.29) is 18.1 Å². The van der Waals surface area contributed by atoms with Crippen LogP contribution in [0, 0.1) is 0 Å². The number of morpholine rings is 1. The van der Waals surface area contributed by atoms with Crippen molar-refractivity contribution >= 4 is 17.7 Å². The minimum absolute atomic E-state index is 0.00668. The SMILES string of the molecule is O=C(O)C(F)(F)F.O=C1COC2(CCN(c3ccccn3)CC2)CN1. The first-order valence-corrected chi connectivity index (χ1v) is 7.59. The second kappa shape index (κ2) is 7.68. The van der Waals surface area contributed by atoms with E-state index in [4.69, 9.17) is 14.6 Å². The van der Waals surface area contributed by atoms with E-state index < -0.39 is 12.1 Å². The number of hydrogen-bond donors (Lipinski definition) is 2. The number of aromatic nitrogens is 1. The molecule has 2 fully saturated rings. The van der Waals surface area contributed by atoms with Gasteiger partial charge < -0.3 is 20.1 Å². The van der Waals surface area contributed by atoms with Crippen LogP contribution in [-0.4, -0.2) is 60.0 Å². The number of aliphatic carboxylic acids is 1. The van der Waals surface area contributed by atoms with Gasteiger partial charge in [-0.15, -0.1) is 0 Å². The minimum Gasteiger partial charge on any atom is -0.475 e. The van der Waals surface area contributed by atoms with Crippen LogP contribution in [0.3, 0.4) is 0 Å². The number of hydrogen-bond acceptors (Lipinski definition) is 5. The van der Waals surface area contributed by atoms with E-state index in [2.05, 4.69) is 15.2 Å². The van der Waals surface area contributed by atoms with Crippen LogP contribution in [0.5, 0.6) is 0 Å². The van der Waals surface area contributed by atoms with Gasteiger partial charge in [-0.2, -0.15) is 13.2 Å². The van der Waals surface area contributed by atoms with Crippen molar-refractivity contribution in [3.63, 3.8) is 0 Å². The molecule has 0 aromatic carbocycles. The molecule has 1 aromatic rings. The molecule has 25 heavy (non-hydrogen) atoms. The molecule has 0 bridgehead atoms. The molecule has 3 rings (SSSR count). The third-order valence-electron chi connectivity index (χ3n) is 4.01. The number of nitrogens with one attached hydrogen (secondary N) is 1. The Labute approximate surface area is 141 Å². The van der Waals surface area contributed by atoms with Crippen LogP contribution in [0.25, 0.3) is 0 Å². The number of nitrogens with zero attached hydrogens (tertiary/aromatic N) is 2. The van der Waals surface area contributed by atoms with Gasteiger partial charge in [-0.25, -0.2) is 9.78 Å². The fourth-order valence-corrected chi connectivity index (χ4v) is 2.59. The van der Waals surface area contributed by atoms with E-state index in [0.717, 1.165) is 31.7 Å². The highest BCUT2D eigenvalue weighted by Gasteiger charge is 2.39. The van der Waals surface area contributed by atoms with Gasteiger partial charge in [-0.05, 0) is 25.0 Å². The minimum atomic E-state index is -5.08. The summed E-state index contributed by atoms with van der Waals surface area (Å²) in [6, 6.07) is 5.96. The highest BCUT2D eigenvalue weighted by atomic mass is 19.4. The van der Waals surface area contributed by atoms with Crippen molar-refractivity contribution in [3.8, 4) is 0 Å². The van der Waals surface area contributed by atoms with Crippen LogP contribution >= 0.6 is 0 Å². The van der Waals surface area contributed by atoms with Crippen molar-refractivity contribution in [2.45, 2.75) is 24.6 Å². The summed E-state index contributed by atoms with van der Waals surface area (Å²) in [5.41, 5.74) is -0.154. The number of ether oxygens (including phenoxy) is 1. The fourth-order valence-electron chi connectivity index (χ4n) is 2.59. The number of amides is 1. The fraction of sp³-hybridized carbons (Fsp3) is 0.533. The number of rotatable bonds is 1. The zero-order valence-corrected chi connectivity index (χ0v) is 13.3. The number of carboxylic acid groups (broad SMARTS) is 1. The smallest absolute Gasteiger partial charge is 0.475 e. The first-order chi connectivity index (χ1) is 11.7. The standard InChI is InChI=1S/C13H17N3O2.C2HF3O2/c17-12-9-18-13(10-15-12)4-7-16(8-5-13)11-3-1-2-6-14-11;3-2(4,5)1(6)7/h1-3,6H,4-5,7-10H2,(H,15,17);(H,6,7). The Kier molecular flexibility index (Phi) is 5.83. The summed E-state index contributed by atoms with van der Waals surface area (Å²) in [6.45, 7) is 2.69. The first kappa shape index (κ1) is 19.0. The molecule has 0 radical (unpaired) electrons. The number of pyridine rings is 1. The van der Waals surface area contributed by atoms with Crippen molar-refractivity contribution < 1.29 is 32.6 Å². The van der Waals surface area contributed by atoms with Crippen molar-refractivity contribution in [2.24, 2.45) is 0 Å². The van der Waals surface area contributed by atoms with E-state index in [0.29, 0.717) is 6.54 Å². The molecule has 1 spiro atoms. The molecule has 2 aliphatic heterocycles. The third-order valence-corrected chi connectivity index (χ3v) is 4.01. The Bertz CT molecular complexity index is 590. The summed E-state index contributed by atoms with van der Waals surface area (Å²) in [5, 5.41) is 10.0. The molecule has 3 heterocycles. The number of alkyl halides is 3. The molecule has 0 aliphatic carbocycles. The predicted octanol–water partition coefficient (Wildman–Crippen LogP) is 1.20. The Balaban J connectivity index is 0.000000277. The summed E-state index contributed by atoms with van der Waals surface area (Å²) in [6.07, 6.45) is -1.40. The summed E-state index contributed by atoms with van der Waals surface area (Å²) >= 11 is 0. The molecule has 1 amide bonds. The van der Waals surface area contributed by atoms with E-state index >= 15 is 0 Å². The molecule has 1 aromatic heterocycles. The summed E-state index contributed by atoms with van der Waals surface area (Å²) in [7, 11) is 0. The summed E-state index contributed by atoms with van der Waals surface area (Å²) in [5.74, 6) is -1.74. The van der Waals surface area contributed by atoms with Gasteiger partial charge in [-0.3, -0.25) is 4.79 Å². The van der Waals surface area contributed by atoms with Crippen molar-refractivity contribution in [1.29, 1.82) is 0 Å². The van der Waals surface area contributed by atoms with Crippen molar-refractivity contribution in [1.82, 2.24) is 10.3 Å². The number of carboxylic acids is 1. The van der Waals surface area contributed by atoms with Gasteiger partial charge in [0.1, 0.15) is 12.4 Å². The van der Waals surface area contributed by atoms with E-state index in [1.54, 1.807) is 0 Å². The molecule has 0 saturated carbocycles. The molecule has 2 saturated heterocycles. The van der Waals surface area contributed by atoms with E-state index in [9.17, 15) is 18.0 Å². The Morgan fingerprint density at radius 1 is 1.32 bits per heavy atom. The molecular weight excluding hydrogens is 343 g/mol. The molecular formula is C15H18F3N3O4. The number of carbonyl (C=O) groups is 2. The highest BCUT2D eigenvalue weighted by Crippen LogP contribution is 2.29. The lowest BCUT2D eigenvalue weighted by Gasteiger charge is -2.43. The number of anilines is 1. The summed E-state index contributed by atoms with van der Waals surface area (Å²) < 4.78 is 37.5. The molecule has 2 N–H and O–H groups in total. The lowest BCUT2D eigenvalue weighted by atomic mass is 9.90. The van der Waals surface area contributed by atoms with Gasteiger partial charge in [0, 0.05) is 25.8 Å². The highest BCUT2D eigenvalue weighted by molar-refractivity contribution is 5.78. The Morgan fingerprint density at radius 3 is 2.40 bits per heavy atom. The largest absolute Gasteiger partial charge is 0.490 e. The average Bonchev–Trinajstić information content (AvgIpc) is 2.59. The third kappa shape index (κ3) is 5.31. The second-order valence-corrected chi connectivity index (χ2v) is 5.73. The molecule has 0 atom stereocenters. The number of halogens is 3. The van der Waals surface area contributed by atoms with Gasteiger partial charge in [-0.1, -0.05) is 6.07 Å². The molecule has 0 unspecified atom stereocenters. The van der Waals surface area contributed by atoms with Crippen LogP contribution in [0.4, 0.5) is 19.0 Å². The lowest BCUT2D eigenvalue weighted by molar-refractivity contribution is -0.192. The Hall–Kier alpha value is -2.36. The monoisotopic (exact) mass is 361 g/mol. The maximum atomic E-state index is 11.1. The van der Waals surface area contributed by atoms with Gasteiger partial charge in [0.05, 0.1) is 5.60 Å². The lowest BCUT2D eigenvalue weighted by Crippen LogP contribution is -2.57. The molecule has 7 nitrogen and oxygen atoms in total. The van der Waals surface area contributed by atoms with Crippen molar-refractivity contribution in [3.05, 3.63) is 24.4 Å². The summed E-state index contributed by atoms with van der Waals surface area (Å²) in [4.78, 5) is 26.6. The first-order valence-electron chi connectivity index (χ1n) is 7.59. The number of carbonyl (C=O) groups excluding carboxylic acids is 1. The maximum Gasteiger partial charge on any atom is 0.490 e. The van der Waals surface area contributed by atoms with E-state index in [1.807, 2.05) is 24.4 Å². The zero-order chi connectivity index (χ0) is 18.5. The molecule has 10 heteroatoms. The van der Waals surface area contributed by atoms with Crippen LogP contribution in [0.2, 0.25) is 0 Å². The Morgan fingerprint density at radius 2 is 1.96 bits per heavy atom. The van der Waals surface area contributed by atoms with Gasteiger partial charge >= 0.3 is 12.1 Å². The quantitative estimate of drug-likeness (QED) is 0.781. The van der Waals surface area contributed by atoms with Gasteiger partial charge in [0.25, 0.3) is 0 Å². The predicted molar refractivity (Wildman–Crippen MR) is 81.1 cm³/mol. The van der Waals surface area contributed by atoms with Crippen LogP contribution in [0.15, 0.2) is 24.4 Å². The zero-order valence-electron chi connectivity index (χ0n) is 13.3. The van der Waals surface area contributed by atoms with Gasteiger partial charge in [0.15, 0.2) is 0 Å². The number of piperidine rings is 1. The normalized spacial score (nSPS) is 19.6. The van der Waals surface area contributed by atoms with Crippen LogP contribution in [-0.2, 0) is 14.3 Å². The second-order valence-electron chi connectivity index (χ2n) is 5.73. The maximum absolute atomic E-state index is 11.1. The topological polar surface area (TPSA) is 91.8 Å². The average molecular weight is 361 g/mol. The van der Waals surface area contributed by atoms with Crippen LogP contribution < -0.4 is 10.2 Å². The molecule has 138 valence electrons. The van der Waals surface area contributed by atoms with E-state index in [1.165, 1.54) is 0 Å².